The third kappa shape index (κ3) is 4.96. The molecule has 2 rings (SSSR count). The number of thioether (sulfide) groups is 1. The van der Waals surface area contributed by atoms with Crippen LogP contribution in [0.15, 0.2) is 41.6 Å². The molecule has 100 valence electrons. The van der Waals surface area contributed by atoms with Crippen LogP contribution in [-0.4, -0.2) is 21.6 Å². The van der Waals surface area contributed by atoms with E-state index in [4.69, 9.17) is 11.6 Å². The first-order chi connectivity index (χ1) is 9.24. The highest BCUT2D eigenvalue weighted by Crippen LogP contribution is 2.20. The van der Waals surface area contributed by atoms with E-state index in [9.17, 15) is 4.79 Å². The molecule has 0 spiro atoms. The van der Waals surface area contributed by atoms with Gasteiger partial charge in [-0.15, -0.1) is 11.8 Å². The summed E-state index contributed by atoms with van der Waals surface area (Å²) in [5, 5.41) is 3.54. The number of carbonyl (C=O) groups excluding carboxylic acids is 1. The lowest BCUT2D eigenvalue weighted by atomic mass is 10.4. The Bertz CT molecular complexity index is 513. The summed E-state index contributed by atoms with van der Waals surface area (Å²) < 4.78 is 0. The fourth-order valence-corrected chi connectivity index (χ4v) is 2.44. The van der Waals surface area contributed by atoms with Crippen LogP contribution in [0.2, 0.25) is 5.02 Å². The average Bonchev–Trinajstić information content (AvgIpc) is 2.92. The second-order valence-corrected chi connectivity index (χ2v) is 5.47. The third-order valence-electron chi connectivity index (χ3n) is 2.42. The van der Waals surface area contributed by atoms with Crippen LogP contribution in [0.3, 0.4) is 0 Å². The van der Waals surface area contributed by atoms with E-state index in [2.05, 4.69) is 15.3 Å². The van der Waals surface area contributed by atoms with Crippen molar-refractivity contribution in [3.05, 3.63) is 47.5 Å². The van der Waals surface area contributed by atoms with Gasteiger partial charge in [0.15, 0.2) is 0 Å². The van der Waals surface area contributed by atoms with Gasteiger partial charge in [-0.25, -0.2) is 4.98 Å². The molecule has 0 radical (unpaired) electrons. The number of nitrogens with one attached hydrogen (secondary N) is 2. The van der Waals surface area contributed by atoms with Crippen LogP contribution in [0.5, 0.6) is 0 Å². The molecule has 6 heteroatoms. The van der Waals surface area contributed by atoms with E-state index in [1.165, 1.54) is 0 Å². The highest BCUT2D eigenvalue weighted by atomic mass is 35.5. The van der Waals surface area contributed by atoms with Gasteiger partial charge in [0, 0.05) is 34.5 Å². The highest BCUT2D eigenvalue weighted by molar-refractivity contribution is 7.99. The molecule has 1 aromatic carbocycles. The van der Waals surface area contributed by atoms with Crippen LogP contribution in [0.4, 0.5) is 0 Å². The molecule has 1 aromatic heterocycles. The van der Waals surface area contributed by atoms with E-state index < -0.39 is 0 Å². The van der Waals surface area contributed by atoms with Crippen molar-refractivity contribution >= 4 is 29.3 Å². The van der Waals surface area contributed by atoms with Crippen molar-refractivity contribution < 1.29 is 4.79 Å². The number of imidazole rings is 1. The lowest BCUT2D eigenvalue weighted by Crippen LogP contribution is -2.23. The maximum absolute atomic E-state index is 11.6. The largest absolute Gasteiger partial charge is 0.349 e. The molecule has 0 atom stereocenters. The Morgan fingerprint density at radius 2 is 2.16 bits per heavy atom. The number of nitrogens with zero attached hydrogens (tertiary/aromatic N) is 1. The lowest BCUT2D eigenvalue weighted by molar-refractivity contribution is -0.120. The summed E-state index contributed by atoms with van der Waals surface area (Å²) >= 11 is 7.44. The molecule has 0 saturated carbocycles. The summed E-state index contributed by atoms with van der Waals surface area (Å²) in [7, 11) is 0. The van der Waals surface area contributed by atoms with E-state index in [0.717, 1.165) is 21.5 Å². The zero-order valence-corrected chi connectivity index (χ0v) is 11.8. The molecular weight excluding hydrogens is 282 g/mol. The van der Waals surface area contributed by atoms with Crippen molar-refractivity contribution in [1.82, 2.24) is 15.3 Å². The maximum atomic E-state index is 11.6. The smallest absolute Gasteiger partial charge is 0.221 e. The van der Waals surface area contributed by atoms with Crippen LogP contribution in [0.25, 0.3) is 0 Å². The molecule has 1 heterocycles. The Kier molecular flexibility index (Phi) is 5.30. The van der Waals surface area contributed by atoms with Crippen LogP contribution in [0.1, 0.15) is 12.2 Å². The Morgan fingerprint density at radius 3 is 2.84 bits per heavy atom. The average molecular weight is 296 g/mol. The van der Waals surface area contributed by atoms with Crippen LogP contribution < -0.4 is 5.32 Å². The third-order valence-corrected chi connectivity index (χ3v) is 3.69. The summed E-state index contributed by atoms with van der Waals surface area (Å²) in [6.45, 7) is 0.442. The molecule has 0 saturated heterocycles. The van der Waals surface area contributed by atoms with Gasteiger partial charge in [-0.2, -0.15) is 0 Å². The summed E-state index contributed by atoms with van der Waals surface area (Å²) in [5.41, 5.74) is 0. The Hall–Kier alpha value is -1.46. The summed E-state index contributed by atoms with van der Waals surface area (Å²) in [6.07, 6.45) is 3.88. The van der Waals surface area contributed by atoms with Crippen LogP contribution >= 0.6 is 23.4 Å². The monoisotopic (exact) mass is 295 g/mol. The maximum Gasteiger partial charge on any atom is 0.221 e. The molecule has 2 N–H and O–H groups in total. The molecule has 2 aromatic rings. The number of halogens is 1. The van der Waals surface area contributed by atoms with E-state index in [0.29, 0.717) is 13.0 Å². The van der Waals surface area contributed by atoms with Gasteiger partial charge in [0.05, 0.1) is 6.54 Å². The molecular formula is C13H14ClN3OS. The number of H-pyrrole nitrogens is 1. The zero-order chi connectivity index (χ0) is 13.5. The minimum Gasteiger partial charge on any atom is -0.349 e. The molecule has 0 aliphatic carbocycles. The van der Waals surface area contributed by atoms with Crippen LogP contribution in [0, 0.1) is 0 Å². The van der Waals surface area contributed by atoms with Crippen molar-refractivity contribution in [2.45, 2.75) is 17.9 Å². The first-order valence-corrected chi connectivity index (χ1v) is 7.24. The quantitative estimate of drug-likeness (QED) is 0.806. The van der Waals surface area contributed by atoms with Gasteiger partial charge in [0.1, 0.15) is 5.82 Å². The number of aromatic nitrogens is 2. The predicted octanol–water partition coefficient (Wildman–Crippen LogP) is 2.86. The molecule has 19 heavy (non-hydrogen) atoms. The van der Waals surface area contributed by atoms with Crippen molar-refractivity contribution in [3.8, 4) is 0 Å². The fourth-order valence-electron chi connectivity index (χ4n) is 1.46. The lowest BCUT2D eigenvalue weighted by Gasteiger charge is -2.03. The minimum atomic E-state index is 0.0258. The summed E-state index contributed by atoms with van der Waals surface area (Å²) in [6, 6.07) is 7.60. The van der Waals surface area contributed by atoms with E-state index in [1.807, 2.05) is 24.3 Å². The Labute approximate surface area is 121 Å². The topological polar surface area (TPSA) is 57.8 Å². The minimum absolute atomic E-state index is 0.0258. The van der Waals surface area contributed by atoms with Gasteiger partial charge in [-0.3, -0.25) is 4.79 Å². The molecule has 0 fully saturated rings. The SMILES string of the molecule is O=C(CCSc1ccc(Cl)cc1)NCc1ncc[nH]1. The van der Waals surface area contributed by atoms with Gasteiger partial charge in [-0.1, -0.05) is 11.6 Å². The molecule has 0 aliphatic heterocycles. The van der Waals surface area contributed by atoms with Crippen molar-refractivity contribution in [3.63, 3.8) is 0 Å². The molecule has 0 unspecified atom stereocenters. The van der Waals surface area contributed by atoms with Gasteiger partial charge >= 0.3 is 0 Å². The van der Waals surface area contributed by atoms with Gasteiger partial charge in [0.2, 0.25) is 5.91 Å². The first-order valence-electron chi connectivity index (χ1n) is 5.87. The second-order valence-electron chi connectivity index (χ2n) is 3.86. The zero-order valence-electron chi connectivity index (χ0n) is 10.2. The van der Waals surface area contributed by atoms with Crippen molar-refractivity contribution in [2.75, 3.05) is 5.75 Å². The standard InChI is InChI=1S/C13H14ClN3OS/c14-10-1-3-11(4-2-10)19-8-5-13(18)17-9-12-15-6-7-16-12/h1-4,6-7H,5,8-9H2,(H,15,16)(H,17,18). The van der Waals surface area contributed by atoms with E-state index in [1.54, 1.807) is 24.2 Å². The number of benzene rings is 1. The van der Waals surface area contributed by atoms with Crippen molar-refractivity contribution in [2.24, 2.45) is 0 Å². The van der Waals surface area contributed by atoms with E-state index >= 15 is 0 Å². The number of carbonyl (C=O) groups is 1. The number of aromatic amines is 1. The first kappa shape index (κ1) is 14.0. The van der Waals surface area contributed by atoms with Gasteiger partial charge < -0.3 is 10.3 Å². The van der Waals surface area contributed by atoms with Crippen molar-refractivity contribution in [1.29, 1.82) is 0 Å². The normalized spacial score (nSPS) is 10.4. The second kappa shape index (κ2) is 7.21. The summed E-state index contributed by atoms with van der Waals surface area (Å²) in [5.74, 6) is 1.53. The summed E-state index contributed by atoms with van der Waals surface area (Å²) in [4.78, 5) is 19.7. The number of hydrogen-bond acceptors (Lipinski definition) is 3. The number of rotatable bonds is 6. The number of amides is 1. The highest BCUT2D eigenvalue weighted by Gasteiger charge is 2.03. The molecule has 0 aliphatic rings. The fraction of sp³-hybridized carbons (Fsp3) is 0.231. The molecule has 0 bridgehead atoms. The van der Waals surface area contributed by atoms with E-state index in [-0.39, 0.29) is 5.91 Å². The number of hydrogen-bond donors (Lipinski definition) is 2. The van der Waals surface area contributed by atoms with Gasteiger partial charge in [0.25, 0.3) is 0 Å². The van der Waals surface area contributed by atoms with Crippen LogP contribution in [-0.2, 0) is 11.3 Å². The Balaban J connectivity index is 1.65. The Morgan fingerprint density at radius 1 is 1.37 bits per heavy atom. The molecule has 1 amide bonds. The predicted molar refractivity (Wildman–Crippen MR) is 77.2 cm³/mol. The molecule has 4 nitrogen and oxygen atoms in total. The van der Waals surface area contributed by atoms with Gasteiger partial charge in [-0.05, 0) is 24.3 Å².